The molecule has 0 spiro atoms. The van der Waals surface area contributed by atoms with Crippen LogP contribution in [0.4, 0.5) is 11.5 Å². The molecule has 2 aromatic rings. The maximum absolute atomic E-state index is 13.3. The van der Waals surface area contributed by atoms with Crippen molar-refractivity contribution in [1.29, 1.82) is 0 Å². The van der Waals surface area contributed by atoms with Crippen LogP contribution in [0.25, 0.3) is 0 Å². The number of nitrogen functional groups attached to an aromatic ring is 1. The number of nitrogens with one attached hydrogen (secondary N) is 1. The molecule has 1 aliphatic heterocycles. The Labute approximate surface area is 196 Å². The molecule has 2 heterocycles. The summed E-state index contributed by atoms with van der Waals surface area (Å²) in [6.07, 6.45) is 0.639. The van der Waals surface area contributed by atoms with Crippen molar-refractivity contribution in [3.8, 4) is 11.5 Å². The summed E-state index contributed by atoms with van der Waals surface area (Å²) in [7, 11) is 1.49. The zero-order valence-electron chi connectivity index (χ0n) is 19.0. The monoisotopic (exact) mass is 480 g/mol. The van der Waals surface area contributed by atoms with Crippen LogP contribution in [-0.4, -0.2) is 48.9 Å². The quantitative estimate of drug-likeness (QED) is 0.589. The molecule has 1 aromatic carbocycles. The number of carbonyl (C=O) groups is 1. The number of H-pyrrole nitrogens is 1. The fourth-order valence-corrected chi connectivity index (χ4v) is 3.87. The average molecular weight is 481 g/mol. The molecule has 0 saturated carbocycles. The van der Waals surface area contributed by atoms with E-state index >= 15 is 0 Å². The molecule has 10 nitrogen and oxygen atoms in total. The second-order valence-electron chi connectivity index (χ2n) is 8.17. The van der Waals surface area contributed by atoms with Crippen molar-refractivity contribution in [2.24, 2.45) is 5.92 Å². The summed E-state index contributed by atoms with van der Waals surface area (Å²) in [5, 5.41) is 0.337. The molecule has 3 rings (SSSR count). The van der Waals surface area contributed by atoms with E-state index in [-0.39, 0.29) is 37.0 Å². The molecule has 0 aliphatic carbocycles. The second kappa shape index (κ2) is 10.8. The van der Waals surface area contributed by atoms with Crippen LogP contribution in [0.5, 0.6) is 11.5 Å². The Kier molecular flexibility index (Phi) is 8.04. The van der Waals surface area contributed by atoms with Crippen molar-refractivity contribution in [2.75, 3.05) is 44.1 Å². The number of fused-ring (bicyclic) bond motifs is 1. The lowest BCUT2D eigenvalue weighted by Crippen LogP contribution is -2.43. The van der Waals surface area contributed by atoms with E-state index < -0.39 is 17.2 Å². The Morgan fingerprint density at radius 2 is 2.03 bits per heavy atom. The summed E-state index contributed by atoms with van der Waals surface area (Å²) in [6.45, 7) is 5.32. The number of nitrogens with two attached hydrogens (primary N) is 1. The minimum Gasteiger partial charge on any atom is -0.489 e. The standard InChI is InChI=1S/C22H29ClN4O6/c1-13(2)12-27-20(24)18(21(29)25-22(27)30)26(5-8-31-3)17(28)11-14-9-15(23)19-16(10-14)32-6-4-7-33-19/h9-10,13H,4-8,11-12,24H2,1-3H3,(H,25,29,30). The number of aromatic nitrogens is 2. The number of nitrogens with zero attached hydrogens (tertiary/aromatic N) is 2. The zero-order valence-corrected chi connectivity index (χ0v) is 19.7. The molecule has 1 aromatic heterocycles. The van der Waals surface area contributed by atoms with Crippen molar-refractivity contribution in [1.82, 2.24) is 9.55 Å². The van der Waals surface area contributed by atoms with Gasteiger partial charge in [0.25, 0.3) is 5.56 Å². The summed E-state index contributed by atoms with van der Waals surface area (Å²) in [6, 6.07) is 3.33. The minimum atomic E-state index is -0.737. The average Bonchev–Trinajstić information content (AvgIpc) is 2.99. The van der Waals surface area contributed by atoms with Gasteiger partial charge in [0.05, 0.1) is 31.3 Å². The van der Waals surface area contributed by atoms with Crippen molar-refractivity contribution < 1.29 is 19.0 Å². The van der Waals surface area contributed by atoms with Crippen LogP contribution >= 0.6 is 11.6 Å². The number of carbonyl (C=O) groups excluding carboxylic acids is 1. The highest BCUT2D eigenvalue weighted by Gasteiger charge is 2.25. The van der Waals surface area contributed by atoms with Crippen molar-refractivity contribution >= 4 is 29.0 Å². The normalized spacial score (nSPS) is 13.1. The largest absolute Gasteiger partial charge is 0.489 e. The molecular weight excluding hydrogens is 452 g/mol. The van der Waals surface area contributed by atoms with E-state index in [1.165, 1.54) is 16.6 Å². The fourth-order valence-electron chi connectivity index (χ4n) is 3.58. The van der Waals surface area contributed by atoms with Crippen LogP contribution in [0.3, 0.4) is 0 Å². The Morgan fingerprint density at radius 1 is 1.30 bits per heavy atom. The number of benzene rings is 1. The third-order valence-corrected chi connectivity index (χ3v) is 5.35. The molecule has 0 atom stereocenters. The van der Waals surface area contributed by atoms with Gasteiger partial charge in [-0.1, -0.05) is 25.4 Å². The van der Waals surface area contributed by atoms with Gasteiger partial charge in [-0.2, -0.15) is 0 Å². The van der Waals surface area contributed by atoms with E-state index in [0.29, 0.717) is 41.8 Å². The third kappa shape index (κ3) is 5.69. The highest BCUT2D eigenvalue weighted by atomic mass is 35.5. The predicted molar refractivity (Wildman–Crippen MR) is 126 cm³/mol. The van der Waals surface area contributed by atoms with Crippen molar-refractivity contribution in [2.45, 2.75) is 33.2 Å². The van der Waals surface area contributed by atoms with Gasteiger partial charge >= 0.3 is 5.69 Å². The number of aromatic amines is 1. The summed E-state index contributed by atoms with van der Waals surface area (Å²) in [4.78, 5) is 41.9. The van der Waals surface area contributed by atoms with Crippen LogP contribution in [0.1, 0.15) is 25.8 Å². The van der Waals surface area contributed by atoms with Crippen LogP contribution in [0.2, 0.25) is 5.02 Å². The molecule has 3 N–H and O–H groups in total. The molecule has 180 valence electrons. The van der Waals surface area contributed by atoms with Gasteiger partial charge in [-0.3, -0.25) is 19.1 Å². The summed E-state index contributed by atoms with van der Waals surface area (Å²) >= 11 is 6.36. The van der Waals surface area contributed by atoms with E-state index in [4.69, 9.17) is 31.5 Å². The van der Waals surface area contributed by atoms with Crippen LogP contribution < -0.4 is 31.4 Å². The first-order valence-corrected chi connectivity index (χ1v) is 11.1. The maximum atomic E-state index is 13.3. The number of hydrogen-bond donors (Lipinski definition) is 2. The molecule has 0 bridgehead atoms. The first-order chi connectivity index (χ1) is 15.7. The van der Waals surface area contributed by atoms with Gasteiger partial charge in [-0.25, -0.2) is 4.79 Å². The number of methoxy groups -OCH3 is 1. The van der Waals surface area contributed by atoms with E-state index in [9.17, 15) is 14.4 Å². The SMILES string of the molecule is COCCN(C(=O)Cc1cc(Cl)c2c(c1)OCCCO2)c1c(N)n(CC(C)C)c(=O)[nH]c1=O. The van der Waals surface area contributed by atoms with E-state index in [1.807, 2.05) is 13.8 Å². The number of amides is 1. The third-order valence-electron chi connectivity index (χ3n) is 5.07. The number of ether oxygens (including phenoxy) is 3. The smallest absolute Gasteiger partial charge is 0.330 e. The lowest BCUT2D eigenvalue weighted by atomic mass is 10.1. The Hall–Kier alpha value is -2.98. The molecule has 11 heteroatoms. The number of rotatable bonds is 8. The van der Waals surface area contributed by atoms with E-state index in [2.05, 4.69) is 4.98 Å². The van der Waals surface area contributed by atoms with Gasteiger partial charge in [-0.05, 0) is 23.6 Å². The summed E-state index contributed by atoms with van der Waals surface area (Å²) in [5.41, 5.74) is 5.36. The Bertz CT molecular complexity index is 1130. The lowest BCUT2D eigenvalue weighted by molar-refractivity contribution is -0.118. The van der Waals surface area contributed by atoms with Gasteiger partial charge in [0.1, 0.15) is 5.82 Å². The number of halogens is 1. The van der Waals surface area contributed by atoms with Crippen LogP contribution in [0, 0.1) is 5.92 Å². The molecular formula is C22H29ClN4O6. The second-order valence-corrected chi connectivity index (χ2v) is 8.58. The molecule has 0 fully saturated rings. The first-order valence-electron chi connectivity index (χ1n) is 10.7. The predicted octanol–water partition coefficient (Wildman–Crippen LogP) is 1.81. The lowest BCUT2D eigenvalue weighted by Gasteiger charge is -2.25. The van der Waals surface area contributed by atoms with Gasteiger partial charge < -0.3 is 24.8 Å². The van der Waals surface area contributed by atoms with E-state index in [0.717, 1.165) is 6.42 Å². The number of anilines is 2. The van der Waals surface area contributed by atoms with Crippen LogP contribution in [0.15, 0.2) is 21.7 Å². The molecule has 1 amide bonds. The first kappa shape index (κ1) is 24.7. The highest BCUT2D eigenvalue weighted by molar-refractivity contribution is 6.32. The van der Waals surface area contributed by atoms with Gasteiger partial charge in [-0.15, -0.1) is 0 Å². The zero-order chi connectivity index (χ0) is 24.1. The molecule has 0 unspecified atom stereocenters. The van der Waals surface area contributed by atoms with Gasteiger partial charge in [0.15, 0.2) is 17.2 Å². The van der Waals surface area contributed by atoms with E-state index in [1.54, 1.807) is 12.1 Å². The Balaban J connectivity index is 1.98. The van der Waals surface area contributed by atoms with Crippen molar-refractivity contribution in [3.63, 3.8) is 0 Å². The molecule has 33 heavy (non-hydrogen) atoms. The molecule has 0 radical (unpaired) electrons. The molecule has 0 saturated heterocycles. The Morgan fingerprint density at radius 3 is 2.73 bits per heavy atom. The highest BCUT2D eigenvalue weighted by Crippen LogP contribution is 2.38. The number of hydrogen-bond acceptors (Lipinski definition) is 7. The maximum Gasteiger partial charge on any atom is 0.330 e. The van der Waals surface area contributed by atoms with Gasteiger partial charge in [0.2, 0.25) is 5.91 Å². The summed E-state index contributed by atoms with van der Waals surface area (Å²) in [5.74, 6) is 0.524. The fraction of sp³-hybridized carbons (Fsp3) is 0.500. The summed E-state index contributed by atoms with van der Waals surface area (Å²) < 4.78 is 17.7. The minimum absolute atomic E-state index is 0.0702. The molecule has 1 aliphatic rings. The topological polar surface area (TPSA) is 129 Å². The van der Waals surface area contributed by atoms with Crippen molar-refractivity contribution in [3.05, 3.63) is 43.6 Å². The van der Waals surface area contributed by atoms with Gasteiger partial charge in [0, 0.05) is 26.6 Å². The van der Waals surface area contributed by atoms with Crippen LogP contribution in [-0.2, 0) is 22.5 Å².